The fraction of sp³-hybridized carbons (Fsp3) is 0.833. The Hall–Kier alpha value is -1.14. The van der Waals surface area contributed by atoms with Crippen LogP contribution in [-0.2, 0) is 9.59 Å². The molecule has 1 aliphatic rings. The zero-order valence-corrected chi connectivity index (χ0v) is 11.2. The molecule has 104 valence electrons. The second-order valence-corrected chi connectivity index (χ2v) is 4.69. The Labute approximate surface area is 108 Å². The number of hydrogen-bond acceptors (Lipinski definition) is 4. The number of carbonyl (C=O) groups excluding carboxylic acids is 2. The molecule has 18 heavy (non-hydrogen) atoms. The number of amides is 2. The average Bonchev–Trinajstić information content (AvgIpc) is 2.57. The summed E-state index contributed by atoms with van der Waals surface area (Å²) in [7, 11) is 1.80. The molecule has 3 N–H and O–H groups in total. The summed E-state index contributed by atoms with van der Waals surface area (Å²) in [4.78, 5) is 26.9. The minimum Gasteiger partial charge on any atom is -0.355 e. The number of nitrogens with one attached hydrogen (secondary N) is 1. The molecule has 1 rings (SSSR count). The van der Waals surface area contributed by atoms with E-state index in [0.29, 0.717) is 32.6 Å². The second kappa shape index (κ2) is 8.05. The van der Waals surface area contributed by atoms with Crippen LogP contribution in [0.25, 0.3) is 0 Å². The number of nitrogens with two attached hydrogens (primary N) is 1. The summed E-state index contributed by atoms with van der Waals surface area (Å²) in [6.07, 6.45) is 2.24. The lowest BCUT2D eigenvalue weighted by molar-refractivity contribution is -0.130. The molecule has 6 heteroatoms. The van der Waals surface area contributed by atoms with Crippen molar-refractivity contribution in [2.75, 3.05) is 46.3 Å². The molecule has 0 aromatic heterocycles. The molecule has 6 nitrogen and oxygen atoms in total. The Morgan fingerprint density at radius 1 is 1.56 bits per heavy atom. The van der Waals surface area contributed by atoms with Gasteiger partial charge in [0.1, 0.15) is 0 Å². The van der Waals surface area contributed by atoms with Gasteiger partial charge in [-0.3, -0.25) is 14.5 Å². The van der Waals surface area contributed by atoms with Gasteiger partial charge in [-0.05, 0) is 19.4 Å². The van der Waals surface area contributed by atoms with Gasteiger partial charge in [-0.25, -0.2) is 0 Å². The van der Waals surface area contributed by atoms with E-state index in [1.165, 1.54) is 0 Å². The van der Waals surface area contributed by atoms with Crippen LogP contribution in [0.1, 0.15) is 19.3 Å². The van der Waals surface area contributed by atoms with Crippen molar-refractivity contribution in [1.29, 1.82) is 0 Å². The number of rotatable bonds is 6. The summed E-state index contributed by atoms with van der Waals surface area (Å²) in [5.74, 6) is 0.171. The maximum absolute atomic E-state index is 11.8. The summed E-state index contributed by atoms with van der Waals surface area (Å²) in [6, 6.07) is 0. The van der Waals surface area contributed by atoms with E-state index in [2.05, 4.69) is 5.32 Å². The number of hydrogen-bond donors (Lipinski definition) is 2. The van der Waals surface area contributed by atoms with Crippen LogP contribution in [0.3, 0.4) is 0 Å². The highest BCUT2D eigenvalue weighted by atomic mass is 16.2. The van der Waals surface area contributed by atoms with E-state index < -0.39 is 0 Å². The Balaban J connectivity index is 2.26. The van der Waals surface area contributed by atoms with Gasteiger partial charge in [-0.2, -0.15) is 0 Å². The SMILES string of the molecule is CN(CCCN)C(=O)CCN1CCCNC(=O)C1. The number of nitrogens with zero attached hydrogens (tertiary/aromatic N) is 2. The lowest BCUT2D eigenvalue weighted by atomic mass is 10.3. The van der Waals surface area contributed by atoms with Crippen molar-refractivity contribution in [3.8, 4) is 0 Å². The molecule has 0 bridgehead atoms. The Morgan fingerprint density at radius 2 is 2.33 bits per heavy atom. The smallest absolute Gasteiger partial charge is 0.234 e. The van der Waals surface area contributed by atoms with E-state index in [9.17, 15) is 9.59 Å². The molecule has 1 saturated heterocycles. The Morgan fingerprint density at radius 3 is 3.06 bits per heavy atom. The summed E-state index contributed by atoms with van der Waals surface area (Å²) in [5, 5.41) is 2.82. The lowest BCUT2D eigenvalue weighted by Gasteiger charge is -2.21. The minimum absolute atomic E-state index is 0.0523. The monoisotopic (exact) mass is 256 g/mol. The van der Waals surface area contributed by atoms with E-state index in [1.807, 2.05) is 4.90 Å². The van der Waals surface area contributed by atoms with Gasteiger partial charge in [0.25, 0.3) is 0 Å². The molecule has 1 fully saturated rings. The fourth-order valence-corrected chi connectivity index (χ4v) is 1.96. The van der Waals surface area contributed by atoms with Crippen LogP contribution < -0.4 is 11.1 Å². The van der Waals surface area contributed by atoms with Crippen molar-refractivity contribution in [2.24, 2.45) is 5.73 Å². The quantitative estimate of drug-likeness (QED) is 0.639. The van der Waals surface area contributed by atoms with Gasteiger partial charge in [0, 0.05) is 39.6 Å². The highest BCUT2D eigenvalue weighted by molar-refractivity contribution is 5.78. The van der Waals surface area contributed by atoms with Gasteiger partial charge >= 0.3 is 0 Å². The molecule has 0 aromatic rings. The summed E-state index contributed by atoms with van der Waals surface area (Å²) >= 11 is 0. The Kier molecular flexibility index (Phi) is 6.67. The van der Waals surface area contributed by atoms with Crippen LogP contribution >= 0.6 is 0 Å². The summed E-state index contributed by atoms with van der Waals surface area (Å²) < 4.78 is 0. The summed E-state index contributed by atoms with van der Waals surface area (Å²) in [5.41, 5.74) is 5.41. The van der Waals surface area contributed by atoms with Gasteiger partial charge in [0.05, 0.1) is 6.54 Å². The first-order valence-electron chi connectivity index (χ1n) is 6.56. The molecule has 0 aliphatic carbocycles. The van der Waals surface area contributed by atoms with E-state index in [-0.39, 0.29) is 11.8 Å². The van der Waals surface area contributed by atoms with Crippen molar-refractivity contribution < 1.29 is 9.59 Å². The van der Waals surface area contributed by atoms with Crippen LogP contribution in [0.5, 0.6) is 0 Å². The molecule has 2 amide bonds. The molecular formula is C12H24N4O2. The van der Waals surface area contributed by atoms with E-state index in [0.717, 1.165) is 25.9 Å². The maximum atomic E-state index is 11.8. The molecule has 0 unspecified atom stereocenters. The van der Waals surface area contributed by atoms with Crippen molar-refractivity contribution in [3.05, 3.63) is 0 Å². The van der Waals surface area contributed by atoms with Crippen molar-refractivity contribution in [2.45, 2.75) is 19.3 Å². The van der Waals surface area contributed by atoms with Crippen LogP contribution in [0.15, 0.2) is 0 Å². The predicted molar refractivity (Wildman–Crippen MR) is 70.0 cm³/mol. The van der Waals surface area contributed by atoms with Crippen LogP contribution in [-0.4, -0.2) is 67.9 Å². The molecule has 0 spiro atoms. The van der Waals surface area contributed by atoms with Crippen LogP contribution in [0, 0.1) is 0 Å². The van der Waals surface area contributed by atoms with Crippen LogP contribution in [0.4, 0.5) is 0 Å². The first-order valence-corrected chi connectivity index (χ1v) is 6.56. The molecule has 0 atom stereocenters. The van der Waals surface area contributed by atoms with Gasteiger partial charge in [0.15, 0.2) is 0 Å². The van der Waals surface area contributed by atoms with E-state index >= 15 is 0 Å². The van der Waals surface area contributed by atoms with Crippen molar-refractivity contribution >= 4 is 11.8 Å². The normalized spacial score (nSPS) is 17.1. The van der Waals surface area contributed by atoms with Crippen LogP contribution in [0.2, 0.25) is 0 Å². The largest absolute Gasteiger partial charge is 0.355 e. The highest BCUT2D eigenvalue weighted by Gasteiger charge is 2.16. The molecule has 0 saturated carbocycles. The van der Waals surface area contributed by atoms with Gasteiger partial charge in [0.2, 0.25) is 11.8 Å². The zero-order valence-electron chi connectivity index (χ0n) is 11.2. The van der Waals surface area contributed by atoms with Gasteiger partial charge < -0.3 is 16.0 Å². The zero-order chi connectivity index (χ0) is 13.4. The lowest BCUT2D eigenvalue weighted by Crippen LogP contribution is -2.36. The Bertz CT molecular complexity index is 283. The molecule has 1 aliphatic heterocycles. The molecular weight excluding hydrogens is 232 g/mol. The van der Waals surface area contributed by atoms with E-state index in [1.54, 1.807) is 11.9 Å². The first kappa shape index (κ1) is 14.9. The highest BCUT2D eigenvalue weighted by Crippen LogP contribution is 2.00. The fourth-order valence-electron chi connectivity index (χ4n) is 1.96. The standard InChI is InChI=1S/C12H24N4O2/c1-15(7-2-5-13)12(18)4-9-16-8-3-6-14-11(17)10-16/h2-10,13H2,1H3,(H,14,17). The molecule has 1 heterocycles. The third-order valence-corrected chi connectivity index (χ3v) is 3.11. The predicted octanol–water partition coefficient (Wildman–Crippen LogP) is -0.994. The molecule has 0 aromatic carbocycles. The second-order valence-electron chi connectivity index (χ2n) is 4.69. The minimum atomic E-state index is 0.0523. The van der Waals surface area contributed by atoms with E-state index in [4.69, 9.17) is 5.73 Å². The number of carbonyl (C=O) groups is 2. The average molecular weight is 256 g/mol. The van der Waals surface area contributed by atoms with Gasteiger partial charge in [-0.15, -0.1) is 0 Å². The summed E-state index contributed by atoms with van der Waals surface area (Å²) in [6.45, 7) is 3.97. The third-order valence-electron chi connectivity index (χ3n) is 3.11. The van der Waals surface area contributed by atoms with Crippen molar-refractivity contribution in [1.82, 2.24) is 15.1 Å². The molecule has 0 radical (unpaired) electrons. The third kappa shape index (κ3) is 5.46. The maximum Gasteiger partial charge on any atom is 0.234 e. The first-order chi connectivity index (χ1) is 8.63. The topological polar surface area (TPSA) is 78.7 Å². The van der Waals surface area contributed by atoms with Crippen molar-refractivity contribution in [3.63, 3.8) is 0 Å². The van der Waals surface area contributed by atoms with Gasteiger partial charge in [-0.1, -0.05) is 0 Å².